The van der Waals surface area contributed by atoms with Crippen molar-refractivity contribution < 1.29 is 9.21 Å². The van der Waals surface area contributed by atoms with Gasteiger partial charge in [-0.05, 0) is 51.1 Å². The molecule has 3 atom stereocenters. The number of aliphatic imine (C=N–C) groups is 2. The summed E-state index contributed by atoms with van der Waals surface area (Å²) in [7, 11) is 5.48. The van der Waals surface area contributed by atoms with Gasteiger partial charge >= 0.3 is 6.03 Å². The highest BCUT2D eigenvalue weighted by molar-refractivity contribution is 6.34. The van der Waals surface area contributed by atoms with Gasteiger partial charge in [-0.2, -0.15) is 0 Å². The number of nitrogens with zero attached hydrogens (tertiary/aromatic N) is 6. The van der Waals surface area contributed by atoms with Crippen molar-refractivity contribution in [2.24, 2.45) is 21.6 Å². The molecular formula is C22H29ClN8O2. The van der Waals surface area contributed by atoms with Crippen LogP contribution in [0.2, 0.25) is 5.02 Å². The minimum atomic E-state index is -0.586. The highest BCUT2D eigenvalue weighted by atomic mass is 35.5. The molecule has 2 aliphatic heterocycles. The van der Waals surface area contributed by atoms with Gasteiger partial charge in [-0.1, -0.05) is 18.5 Å². The predicted molar refractivity (Wildman–Crippen MR) is 128 cm³/mol. The minimum absolute atomic E-state index is 0.122. The lowest BCUT2D eigenvalue weighted by Crippen LogP contribution is -2.70. The van der Waals surface area contributed by atoms with Crippen LogP contribution in [0.25, 0.3) is 0 Å². The quantitative estimate of drug-likeness (QED) is 0.491. The number of benzene rings is 1. The Labute approximate surface area is 197 Å². The summed E-state index contributed by atoms with van der Waals surface area (Å²) in [6.45, 7) is 2.74. The number of nitrogens with two attached hydrogens (primary N) is 1. The number of hydrogen-bond donors (Lipinski definition) is 2. The second-order valence-corrected chi connectivity index (χ2v) is 9.46. The molecular weight excluding hydrogens is 444 g/mol. The molecule has 2 unspecified atom stereocenters. The Morgan fingerprint density at radius 1 is 1.42 bits per heavy atom. The average Bonchev–Trinajstić information content (AvgIpc) is 3.20. The Balaban J connectivity index is 1.58. The summed E-state index contributed by atoms with van der Waals surface area (Å²) in [5.41, 5.74) is 6.52. The summed E-state index contributed by atoms with van der Waals surface area (Å²) in [6.07, 6.45) is 3.88. The van der Waals surface area contributed by atoms with E-state index >= 15 is 0 Å². The SMILES string of the molecule is CN=CN=C(N)c1cc(NC(=O)N2C3C[C@@H](C)CC2(c2nnc(CN(C)C)o2)C3)ccc1Cl. The smallest absolute Gasteiger partial charge is 0.323 e. The second-order valence-electron chi connectivity index (χ2n) is 9.06. The van der Waals surface area contributed by atoms with Gasteiger partial charge in [0, 0.05) is 30.8 Å². The van der Waals surface area contributed by atoms with Crippen LogP contribution in [0.5, 0.6) is 0 Å². The topological polar surface area (TPSA) is 125 Å². The van der Waals surface area contributed by atoms with E-state index in [1.54, 1.807) is 25.2 Å². The molecule has 2 saturated heterocycles. The van der Waals surface area contributed by atoms with Crippen molar-refractivity contribution in [1.29, 1.82) is 0 Å². The first-order chi connectivity index (χ1) is 15.7. The van der Waals surface area contributed by atoms with Gasteiger partial charge < -0.3 is 25.3 Å². The number of piperidine rings is 1. The third kappa shape index (κ3) is 4.45. The normalized spacial score (nSPS) is 24.9. The van der Waals surface area contributed by atoms with Crippen LogP contribution in [0.4, 0.5) is 10.5 Å². The fourth-order valence-corrected chi connectivity index (χ4v) is 5.11. The molecule has 2 amide bonds. The molecule has 0 saturated carbocycles. The van der Waals surface area contributed by atoms with Crippen LogP contribution in [-0.2, 0) is 12.1 Å². The maximum absolute atomic E-state index is 13.4. The molecule has 0 radical (unpaired) electrons. The zero-order valence-corrected chi connectivity index (χ0v) is 20.0. The molecule has 2 fully saturated rings. The lowest BCUT2D eigenvalue weighted by Gasteiger charge is -2.61. The van der Waals surface area contributed by atoms with E-state index in [9.17, 15) is 4.79 Å². The van der Waals surface area contributed by atoms with Crippen LogP contribution >= 0.6 is 11.6 Å². The number of carbonyl (C=O) groups excluding carboxylic acids is 1. The van der Waals surface area contributed by atoms with Crippen molar-refractivity contribution in [2.45, 2.75) is 44.3 Å². The van der Waals surface area contributed by atoms with E-state index in [-0.39, 0.29) is 17.9 Å². The van der Waals surface area contributed by atoms with Gasteiger partial charge in [-0.15, -0.1) is 10.2 Å². The van der Waals surface area contributed by atoms with Crippen LogP contribution in [0, 0.1) is 5.92 Å². The van der Waals surface area contributed by atoms with Gasteiger partial charge in [0.05, 0.1) is 11.6 Å². The second kappa shape index (κ2) is 9.11. The number of anilines is 1. The zero-order valence-electron chi connectivity index (χ0n) is 19.2. The zero-order chi connectivity index (χ0) is 23.8. The Morgan fingerprint density at radius 3 is 2.94 bits per heavy atom. The fourth-order valence-electron chi connectivity index (χ4n) is 4.90. The molecule has 3 N–H and O–H groups in total. The van der Waals surface area contributed by atoms with E-state index in [0.29, 0.717) is 40.5 Å². The molecule has 1 aromatic carbocycles. The minimum Gasteiger partial charge on any atom is -0.421 e. The van der Waals surface area contributed by atoms with E-state index < -0.39 is 5.54 Å². The van der Waals surface area contributed by atoms with E-state index in [2.05, 4.69) is 32.4 Å². The average molecular weight is 473 g/mol. The molecule has 3 heterocycles. The van der Waals surface area contributed by atoms with Gasteiger partial charge in [0.2, 0.25) is 11.8 Å². The van der Waals surface area contributed by atoms with Crippen molar-refractivity contribution >= 4 is 35.5 Å². The van der Waals surface area contributed by atoms with Crippen LogP contribution in [-0.4, -0.2) is 65.4 Å². The lowest BCUT2D eigenvalue weighted by molar-refractivity contribution is -0.110. The lowest BCUT2D eigenvalue weighted by atomic mass is 9.64. The predicted octanol–water partition coefficient (Wildman–Crippen LogP) is 3.08. The van der Waals surface area contributed by atoms with Crippen molar-refractivity contribution in [3.8, 4) is 0 Å². The van der Waals surface area contributed by atoms with Gasteiger partial charge in [-0.3, -0.25) is 4.99 Å². The van der Waals surface area contributed by atoms with Gasteiger partial charge in [0.1, 0.15) is 17.7 Å². The summed E-state index contributed by atoms with van der Waals surface area (Å²) in [5.74, 6) is 1.71. The molecule has 10 nitrogen and oxygen atoms in total. The standard InChI is InChI=1S/C22H29ClN8O2/c1-13-7-15-10-22(9-13,20-29-28-18(33-20)11-30(3)4)31(15)21(32)27-14-5-6-17(23)16(8-14)19(24)26-12-25-2/h5-6,8,12-13,15H,7,9-11H2,1-4H3,(H,27,32)(H2,24,25,26)/t13-,15?,22?/m1/s1. The Kier molecular flexibility index (Phi) is 6.40. The van der Waals surface area contributed by atoms with Crippen molar-refractivity contribution in [2.75, 3.05) is 26.5 Å². The number of fused-ring (bicyclic) bond motifs is 2. The number of amides is 2. The number of amidine groups is 1. The Hall–Kier alpha value is -2.98. The molecule has 2 bridgehead atoms. The molecule has 0 aliphatic carbocycles. The number of rotatable bonds is 6. The van der Waals surface area contributed by atoms with Crippen molar-refractivity contribution in [3.63, 3.8) is 0 Å². The Morgan fingerprint density at radius 2 is 2.21 bits per heavy atom. The molecule has 0 spiro atoms. The van der Waals surface area contributed by atoms with E-state index in [1.807, 2.05) is 23.9 Å². The molecule has 4 rings (SSSR count). The van der Waals surface area contributed by atoms with E-state index in [4.69, 9.17) is 21.8 Å². The number of halogens is 1. The van der Waals surface area contributed by atoms with Crippen molar-refractivity contribution in [1.82, 2.24) is 20.0 Å². The maximum Gasteiger partial charge on any atom is 0.323 e. The summed E-state index contributed by atoms with van der Waals surface area (Å²) in [4.78, 5) is 25.1. The van der Waals surface area contributed by atoms with Crippen LogP contribution in [0.1, 0.15) is 43.5 Å². The number of carbonyl (C=O) groups is 1. The largest absolute Gasteiger partial charge is 0.421 e. The summed E-state index contributed by atoms with van der Waals surface area (Å²) in [6, 6.07) is 5.02. The van der Waals surface area contributed by atoms with Crippen LogP contribution < -0.4 is 11.1 Å². The number of urea groups is 1. The van der Waals surface area contributed by atoms with Crippen LogP contribution in [0.15, 0.2) is 32.6 Å². The van der Waals surface area contributed by atoms with Crippen molar-refractivity contribution in [3.05, 3.63) is 40.6 Å². The monoisotopic (exact) mass is 472 g/mol. The molecule has 2 aliphatic rings. The first-order valence-electron chi connectivity index (χ1n) is 10.8. The van der Waals surface area contributed by atoms with Gasteiger partial charge in [0.15, 0.2) is 0 Å². The first kappa shape index (κ1) is 23.2. The highest BCUT2D eigenvalue weighted by Gasteiger charge is 2.62. The number of nitrogens with one attached hydrogen (secondary N) is 1. The third-order valence-electron chi connectivity index (χ3n) is 6.10. The van der Waals surface area contributed by atoms with Crippen LogP contribution in [0.3, 0.4) is 0 Å². The molecule has 2 aromatic rings. The summed E-state index contributed by atoms with van der Waals surface area (Å²) < 4.78 is 6.01. The van der Waals surface area contributed by atoms with E-state index in [0.717, 1.165) is 19.3 Å². The van der Waals surface area contributed by atoms with Gasteiger partial charge in [-0.25, -0.2) is 9.79 Å². The fraction of sp³-hybridized carbons (Fsp3) is 0.500. The summed E-state index contributed by atoms with van der Waals surface area (Å²) in [5, 5.41) is 11.9. The molecule has 33 heavy (non-hydrogen) atoms. The number of aromatic nitrogens is 2. The molecule has 176 valence electrons. The number of hydrogen-bond acceptors (Lipinski definition) is 6. The molecule has 11 heteroatoms. The third-order valence-corrected chi connectivity index (χ3v) is 6.43. The van der Waals surface area contributed by atoms with Gasteiger partial charge in [0.25, 0.3) is 0 Å². The Bertz CT molecular complexity index is 1100. The first-order valence-corrected chi connectivity index (χ1v) is 11.2. The molecule has 1 aromatic heterocycles. The van der Waals surface area contributed by atoms with E-state index in [1.165, 1.54) is 6.34 Å². The highest BCUT2D eigenvalue weighted by Crippen LogP contribution is 2.55. The maximum atomic E-state index is 13.4. The summed E-state index contributed by atoms with van der Waals surface area (Å²) >= 11 is 6.28.